The number of halogens is 1. The molecule has 2 aromatic rings. The smallest absolute Gasteiger partial charge is 0.133 e. The Morgan fingerprint density at radius 1 is 1.42 bits per heavy atom. The van der Waals surface area contributed by atoms with Crippen molar-refractivity contribution < 1.29 is 0 Å². The van der Waals surface area contributed by atoms with Gasteiger partial charge in [0.15, 0.2) is 0 Å². The number of nitrogens with two attached hydrogens (primary N) is 1. The highest BCUT2D eigenvalue weighted by Gasteiger charge is 1.99. The number of hydrogen-bond donors (Lipinski definition) is 1. The fourth-order valence-electron chi connectivity index (χ4n) is 1.09. The summed E-state index contributed by atoms with van der Waals surface area (Å²) in [5, 5.41) is 2.19. The Balaban J connectivity index is 2.89. The molecular weight excluding hydrogens is 174 g/mol. The van der Waals surface area contributed by atoms with Crippen LogP contribution < -0.4 is 5.73 Å². The van der Waals surface area contributed by atoms with Crippen LogP contribution in [-0.4, -0.2) is 9.97 Å². The van der Waals surface area contributed by atoms with Gasteiger partial charge in [0.1, 0.15) is 11.0 Å². The summed E-state index contributed by atoms with van der Waals surface area (Å²) in [5.41, 5.74) is 5.63. The molecule has 0 bridgehead atoms. The number of nitrogens with zero attached hydrogens (tertiary/aromatic N) is 2. The Bertz CT molecular complexity index is 428. The van der Waals surface area contributed by atoms with E-state index in [-0.39, 0.29) is 0 Å². The van der Waals surface area contributed by atoms with E-state index < -0.39 is 0 Å². The van der Waals surface area contributed by atoms with E-state index in [0.29, 0.717) is 11.0 Å². The van der Waals surface area contributed by atoms with E-state index in [1.807, 2.05) is 6.07 Å². The van der Waals surface area contributed by atoms with Crippen molar-refractivity contribution in [2.75, 3.05) is 5.73 Å². The average molecular weight is 180 g/mol. The van der Waals surface area contributed by atoms with Crippen molar-refractivity contribution in [3.63, 3.8) is 0 Å². The van der Waals surface area contributed by atoms with Gasteiger partial charge in [0.2, 0.25) is 0 Å². The van der Waals surface area contributed by atoms with E-state index >= 15 is 0 Å². The highest BCUT2D eigenvalue weighted by atomic mass is 35.5. The number of rotatable bonds is 0. The first kappa shape index (κ1) is 7.31. The topological polar surface area (TPSA) is 51.8 Å². The highest BCUT2D eigenvalue weighted by Crippen LogP contribution is 2.20. The molecule has 4 heteroatoms. The van der Waals surface area contributed by atoms with Gasteiger partial charge in [-0.2, -0.15) is 0 Å². The predicted octanol–water partition coefficient (Wildman–Crippen LogP) is 1.87. The third-order valence-corrected chi connectivity index (χ3v) is 1.82. The van der Waals surface area contributed by atoms with E-state index in [0.717, 1.165) is 10.8 Å². The zero-order valence-corrected chi connectivity index (χ0v) is 6.92. The van der Waals surface area contributed by atoms with Crippen LogP contribution >= 0.6 is 11.6 Å². The molecule has 0 saturated heterocycles. The van der Waals surface area contributed by atoms with E-state index in [2.05, 4.69) is 9.97 Å². The third-order valence-electron chi connectivity index (χ3n) is 1.63. The zero-order chi connectivity index (χ0) is 8.55. The fraction of sp³-hybridized carbons (Fsp3) is 0. The second kappa shape index (κ2) is 2.60. The van der Waals surface area contributed by atoms with Crippen LogP contribution in [0.1, 0.15) is 0 Å². The molecular formula is C8H6ClN3. The fourth-order valence-corrected chi connectivity index (χ4v) is 1.30. The molecule has 2 aromatic heterocycles. The van der Waals surface area contributed by atoms with Crippen LogP contribution in [0.2, 0.25) is 5.15 Å². The maximum absolute atomic E-state index is 5.71. The summed E-state index contributed by atoms with van der Waals surface area (Å²) in [4.78, 5) is 7.87. The first-order valence-electron chi connectivity index (χ1n) is 3.43. The van der Waals surface area contributed by atoms with Crippen LogP contribution in [0.5, 0.6) is 0 Å². The van der Waals surface area contributed by atoms with E-state index in [1.165, 1.54) is 0 Å². The Labute approximate surface area is 74.2 Å². The molecule has 2 N–H and O–H groups in total. The molecule has 2 heterocycles. The van der Waals surface area contributed by atoms with Gasteiger partial charge in [0.05, 0.1) is 0 Å². The van der Waals surface area contributed by atoms with Gasteiger partial charge in [-0.15, -0.1) is 0 Å². The quantitative estimate of drug-likeness (QED) is 0.628. The molecule has 12 heavy (non-hydrogen) atoms. The number of aromatic nitrogens is 2. The van der Waals surface area contributed by atoms with E-state index in [9.17, 15) is 0 Å². The van der Waals surface area contributed by atoms with Crippen molar-refractivity contribution in [2.24, 2.45) is 0 Å². The van der Waals surface area contributed by atoms with Gasteiger partial charge in [0, 0.05) is 23.2 Å². The van der Waals surface area contributed by atoms with Crippen molar-refractivity contribution in [1.82, 2.24) is 9.97 Å². The lowest BCUT2D eigenvalue weighted by Crippen LogP contribution is -1.91. The van der Waals surface area contributed by atoms with E-state index in [1.54, 1.807) is 18.5 Å². The van der Waals surface area contributed by atoms with E-state index in [4.69, 9.17) is 17.3 Å². The van der Waals surface area contributed by atoms with Gasteiger partial charge in [-0.3, -0.25) is 4.98 Å². The minimum Gasteiger partial charge on any atom is -0.383 e. The van der Waals surface area contributed by atoms with Crippen molar-refractivity contribution in [3.8, 4) is 0 Å². The van der Waals surface area contributed by atoms with Gasteiger partial charge in [-0.1, -0.05) is 11.6 Å². The van der Waals surface area contributed by atoms with Gasteiger partial charge >= 0.3 is 0 Å². The van der Waals surface area contributed by atoms with Gasteiger partial charge in [-0.25, -0.2) is 4.98 Å². The lowest BCUT2D eigenvalue weighted by Gasteiger charge is -1.99. The lowest BCUT2D eigenvalue weighted by molar-refractivity contribution is 1.33. The Morgan fingerprint density at radius 3 is 3.08 bits per heavy atom. The first-order valence-corrected chi connectivity index (χ1v) is 3.81. The molecule has 0 amide bonds. The molecule has 0 aromatic carbocycles. The summed E-state index contributed by atoms with van der Waals surface area (Å²) >= 11 is 5.71. The van der Waals surface area contributed by atoms with Crippen LogP contribution in [-0.2, 0) is 0 Å². The minimum absolute atomic E-state index is 0.396. The zero-order valence-electron chi connectivity index (χ0n) is 6.16. The van der Waals surface area contributed by atoms with Crippen LogP contribution in [0.15, 0.2) is 24.5 Å². The Morgan fingerprint density at radius 2 is 2.25 bits per heavy atom. The predicted molar refractivity (Wildman–Crippen MR) is 49.0 cm³/mol. The number of anilines is 1. The van der Waals surface area contributed by atoms with Crippen molar-refractivity contribution >= 4 is 28.2 Å². The number of hydrogen-bond acceptors (Lipinski definition) is 3. The molecule has 2 rings (SSSR count). The summed E-state index contributed by atoms with van der Waals surface area (Å²) in [6.45, 7) is 0. The normalized spacial score (nSPS) is 10.4. The number of nitrogen functional groups attached to an aromatic ring is 1. The summed E-state index contributed by atoms with van der Waals surface area (Å²) in [6, 6.07) is 3.55. The van der Waals surface area contributed by atoms with Crippen LogP contribution in [0, 0.1) is 0 Å². The molecule has 3 nitrogen and oxygen atoms in total. The highest BCUT2D eigenvalue weighted by molar-refractivity contribution is 6.30. The van der Waals surface area contributed by atoms with Gasteiger partial charge in [-0.05, 0) is 12.1 Å². The van der Waals surface area contributed by atoms with Gasteiger partial charge in [0.25, 0.3) is 0 Å². The Kier molecular flexibility index (Phi) is 1.59. The molecule has 0 saturated carbocycles. The lowest BCUT2D eigenvalue weighted by atomic mass is 10.2. The second-order valence-corrected chi connectivity index (χ2v) is 2.81. The Hall–Kier alpha value is -1.35. The molecule has 0 radical (unpaired) electrons. The monoisotopic (exact) mass is 179 g/mol. The molecule has 0 unspecified atom stereocenters. The SMILES string of the molecule is Nc1nc(Cl)cc2cnccc12. The number of fused-ring (bicyclic) bond motifs is 1. The summed E-state index contributed by atoms with van der Waals surface area (Å²) in [5.74, 6) is 0.444. The van der Waals surface area contributed by atoms with Gasteiger partial charge < -0.3 is 5.73 Å². The van der Waals surface area contributed by atoms with Crippen molar-refractivity contribution in [2.45, 2.75) is 0 Å². The van der Waals surface area contributed by atoms with Crippen LogP contribution in [0.3, 0.4) is 0 Å². The molecule has 0 fully saturated rings. The first-order chi connectivity index (χ1) is 5.77. The molecule has 0 aliphatic rings. The molecule has 0 aliphatic carbocycles. The number of pyridine rings is 2. The van der Waals surface area contributed by atoms with Crippen molar-refractivity contribution in [1.29, 1.82) is 0 Å². The summed E-state index contributed by atoms with van der Waals surface area (Å²) in [6.07, 6.45) is 3.38. The minimum atomic E-state index is 0.396. The standard InChI is InChI=1S/C8H6ClN3/c9-7-3-5-4-11-2-1-6(5)8(10)12-7/h1-4H,(H2,10,12). The average Bonchev–Trinajstić information content (AvgIpc) is 2.04. The maximum Gasteiger partial charge on any atom is 0.133 e. The largest absolute Gasteiger partial charge is 0.383 e. The third kappa shape index (κ3) is 1.08. The second-order valence-electron chi connectivity index (χ2n) is 2.43. The molecule has 0 aliphatic heterocycles. The van der Waals surface area contributed by atoms with Crippen molar-refractivity contribution in [3.05, 3.63) is 29.7 Å². The summed E-state index contributed by atoms with van der Waals surface area (Å²) in [7, 11) is 0. The van der Waals surface area contributed by atoms with Crippen LogP contribution in [0.4, 0.5) is 5.82 Å². The molecule has 0 atom stereocenters. The molecule has 60 valence electrons. The molecule has 0 spiro atoms. The summed E-state index contributed by atoms with van der Waals surface area (Å²) < 4.78 is 0. The maximum atomic E-state index is 5.71. The van der Waals surface area contributed by atoms with Crippen LogP contribution in [0.25, 0.3) is 10.8 Å².